The number of halogens is 1. The second-order valence-electron chi connectivity index (χ2n) is 4.63. The highest BCUT2D eigenvalue weighted by Gasteiger charge is 2.24. The maximum Gasteiger partial charge on any atom is 0.335 e. The molecule has 0 aliphatic rings. The van der Waals surface area contributed by atoms with Gasteiger partial charge in [0.25, 0.3) is 10.0 Å². The van der Waals surface area contributed by atoms with Gasteiger partial charge in [0.2, 0.25) is 0 Å². The minimum Gasteiger partial charge on any atom is -0.478 e. The Balaban J connectivity index is 2.46. The SMILES string of the molecule is C=CCN(c1ccc(C(=O)O)cc1)S(=O)(=O)c1ccc(Cl)cc1. The van der Waals surface area contributed by atoms with Crippen LogP contribution in [0.15, 0.2) is 66.1 Å². The van der Waals surface area contributed by atoms with E-state index in [2.05, 4.69) is 6.58 Å². The Morgan fingerprint density at radius 2 is 1.70 bits per heavy atom. The van der Waals surface area contributed by atoms with Gasteiger partial charge in [-0.3, -0.25) is 4.31 Å². The van der Waals surface area contributed by atoms with Gasteiger partial charge in [-0.25, -0.2) is 13.2 Å². The highest BCUT2D eigenvalue weighted by molar-refractivity contribution is 7.92. The molecule has 2 rings (SSSR count). The van der Waals surface area contributed by atoms with Crippen molar-refractivity contribution in [1.29, 1.82) is 0 Å². The first-order valence-electron chi connectivity index (χ1n) is 6.59. The van der Waals surface area contributed by atoms with E-state index in [9.17, 15) is 13.2 Å². The minimum absolute atomic E-state index is 0.0530. The summed E-state index contributed by atoms with van der Waals surface area (Å²) in [5, 5.41) is 9.36. The molecule has 0 radical (unpaired) electrons. The number of hydrogen-bond donors (Lipinski definition) is 1. The maximum absolute atomic E-state index is 12.8. The molecule has 120 valence electrons. The molecule has 1 N–H and O–H groups in total. The third-order valence-electron chi connectivity index (χ3n) is 3.10. The summed E-state index contributed by atoms with van der Waals surface area (Å²) in [6.45, 7) is 3.62. The highest BCUT2D eigenvalue weighted by atomic mass is 35.5. The number of carboxylic acids is 1. The predicted octanol–water partition coefficient (Wildman–Crippen LogP) is 3.42. The first-order valence-corrected chi connectivity index (χ1v) is 8.40. The zero-order chi connectivity index (χ0) is 17.0. The van der Waals surface area contributed by atoms with Gasteiger partial charge in [-0.2, -0.15) is 0 Å². The number of carboxylic acid groups (broad SMARTS) is 1. The van der Waals surface area contributed by atoms with Gasteiger partial charge in [0.05, 0.1) is 22.7 Å². The van der Waals surface area contributed by atoms with E-state index in [1.54, 1.807) is 0 Å². The van der Waals surface area contributed by atoms with Gasteiger partial charge in [-0.15, -0.1) is 6.58 Å². The van der Waals surface area contributed by atoms with Crippen molar-refractivity contribution in [2.75, 3.05) is 10.8 Å². The molecule has 0 saturated heterocycles. The lowest BCUT2D eigenvalue weighted by Crippen LogP contribution is -2.31. The summed E-state index contributed by atoms with van der Waals surface area (Å²) in [6, 6.07) is 11.4. The molecule has 7 heteroatoms. The van der Waals surface area contributed by atoms with Crippen LogP contribution in [0.3, 0.4) is 0 Å². The smallest absolute Gasteiger partial charge is 0.335 e. The average Bonchev–Trinajstić information content (AvgIpc) is 2.53. The van der Waals surface area contributed by atoms with Crippen molar-refractivity contribution >= 4 is 33.3 Å². The van der Waals surface area contributed by atoms with Gasteiger partial charge in [0, 0.05) is 5.02 Å². The second kappa shape index (κ2) is 6.85. The Kier molecular flexibility index (Phi) is 5.08. The molecular weight excluding hydrogens is 338 g/mol. The predicted molar refractivity (Wildman–Crippen MR) is 89.6 cm³/mol. The number of aromatic carboxylic acids is 1. The van der Waals surface area contributed by atoms with Gasteiger partial charge < -0.3 is 5.11 Å². The highest BCUT2D eigenvalue weighted by Crippen LogP contribution is 2.25. The average molecular weight is 352 g/mol. The van der Waals surface area contributed by atoms with Crippen LogP contribution in [0.2, 0.25) is 5.02 Å². The number of anilines is 1. The van der Waals surface area contributed by atoms with Crippen LogP contribution in [-0.2, 0) is 10.0 Å². The van der Waals surface area contributed by atoms with Crippen LogP contribution in [0.5, 0.6) is 0 Å². The molecule has 0 aliphatic heterocycles. The number of hydrogen-bond acceptors (Lipinski definition) is 3. The van der Waals surface area contributed by atoms with E-state index < -0.39 is 16.0 Å². The molecular formula is C16H14ClNO4S. The summed E-state index contributed by atoms with van der Waals surface area (Å²) in [5.74, 6) is -1.08. The molecule has 0 bridgehead atoms. The van der Waals surface area contributed by atoms with Crippen LogP contribution in [0.4, 0.5) is 5.69 Å². The van der Waals surface area contributed by atoms with Crippen LogP contribution in [-0.4, -0.2) is 26.0 Å². The lowest BCUT2D eigenvalue weighted by molar-refractivity contribution is 0.0697. The zero-order valence-corrected chi connectivity index (χ0v) is 13.6. The summed E-state index contributed by atoms with van der Waals surface area (Å²) < 4.78 is 26.7. The van der Waals surface area contributed by atoms with E-state index >= 15 is 0 Å². The third kappa shape index (κ3) is 3.72. The topological polar surface area (TPSA) is 74.7 Å². The van der Waals surface area contributed by atoms with Crippen LogP contribution in [0, 0.1) is 0 Å². The van der Waals surface area contributed by atoms with E-state index in [4.69, 9.17) is 16.7 Å². The Hall–Kier alpha value is -2.31. The minimum atomic E-state index is -3.81. The number of benzene rings is 2. The van der Waals surface area contributed by atoms with Crippen molar-refractivity contribution in [2.45, 2.75) is 4.90 Å². The molecule has 23 heavy (non-hydrogen) atoms. The van der Waals surface area contributed by atoms with Crippen LogP contribution >= 0.6 is 11.6 Å². The number of carbonyl (C=O) groups is 1. The first-order chi connectivity index (χ1) is 10.9. The molecule has 0 fully saturated rings. The van der Waals surface area contributed by atoms with Crippen LogP contribution in [0.25, 0.3) is 0 Å². The lowest BCUT2D eigenvalue weighted by Gasteiger charge is -2.23. The molecule has 2 aromatic carbocycles. The van der Waals surface area contributed by atoms with Crippen LogP contribution < -0.4 is 4.31 Å². The quantitative estimate of drug-likeness (QED) is 0.809. The van der Waals surface area contributed by atoms with Crippen LogP contribution in [0.1, 0.15) is 10.4 Å². The molecule has 0 saturated carbocycles. The molecule has 0 heterocycles. The molecule has 5 nitrogen and oxygen atoms in total. The summed E-state index contributed by atoms with van der Waals surface area (Å²) >= 11 is 5.79. The molecule has 0 unspecified atom stereocenters. The number of nitrogens with zero attached hydrogens (tertiary/aromatic N) is 1. The summed E-state index contributed by atoms with van der Waals surface area (Å²) in [6.07, 6.45) is 1.46. The number of rotatable bonds is 6. The van der Waals surface area contributed by atoms with Crippen molar-refractivity contribution in [3.05, 3.63) is 71.8 Å². The van der Waals surface area contributed by atoms with Crippen molar-refractivity contribution in [1.82, 2.24) is 0 Å². The Morgan fingerprint density at radius 3 is 2.17 bits per heavy atom. The Morgan fingerprint density at radius 1 is 1.13 bits per heavy atom. The second-order valence-corrected chi connectivity index (χ2v) is 6.93. The first kappa shape index (κ1) is 17.1. The summed E-state index contributed by atoms with van der Waals surface area (Å²) in [4.78, 5) is 11.0. The molecule has 0 spiro atoms. The van der Waals surface area contributed by atoms with Gasteiger partial charge >= 0.3 is 5.97 Å². The van der Waals surface area contributed by atoms with E-state index in [0.717, 1.165) is 4.31 Å². The van der Waals surface area contributed by atoms with Crippen molar-refractivity contribution in [3.63, 3.8) is 0 Å². The van der Waals surface area contributed by atoms with Crippen molar-refractivity contribution < 1.29 is 18.3 Å². The van der Waals surface area contributed by atoms with E-state index in [1.807, 2.05) is 0 Å². The monoisotopic (exact) mass is 351 g/mol. The molecule has 0 aliphatic carbocycles. The number of sulfonamides is 1. The standard InChI is InChI=1S/C16H14ClNO4S/c1-2-11-18(14-7-3-12(4-8-14)16(19)20)23(21,22)15-9-5-13(17)6-10-15/h2-10H,1,11H2,(H,19,20). The van der Waals surface area contributed by atoms with Gasteiger partial charge in [0.1, 0.15) is 0 Å². The molecule has 0 amide bonds. The molecule has 0 aromatic heterocycles. The van der Waals surface area contributed by atoms with Gasteiger partial charge in [-0.05, 0) is 48.5 Å². The largest absolute Gasteiger partial charge is 0.478 e. The Bertz CT molecular complexity index is 814. The fraction of sp³-hybridized carbons (Fsp3) is 0.0625. The summed E-state index contributed by atoms with van der Waals surface area (Å²) in [7, 11) is -3.81. The van der Waals surface area contributed by atoms with Gasteiger partial charge in [-0.1, -0.05) is 17.7 Å². The van der Waals surface area contributed by atoms with Crippen molar-refractivity contribution in [3.8, 4) is 0 Å². The third-order valence-corrected chi connectivity index (χ3v) is 5.16. The maximum atomic E-state index is 12.8. The lowest BCUT2D eigenvalue weighted by atomic mass is 10.2. The van der Waals surface area contributed by atoms with E-state index in [0.29, 0.717) is 10.7 Å². The Labute approximate surface area is 139 Å². The summed E-state index contributed by atoms with van der Waals surface area (Å²) in [5.41, 5.74) is 0.432. The van der Waals surface area contributed by atoms with E-state index in [-0.39, 0.29) is 17.0 Å². The van der Waals surface area contributed by atoms with Gasteiger partial charge in [0.15, 0.2) is 0 Å². The van der Waals surface area contributed by atoms with Crippen molar-refractivity contribution in [2.24, 2.45) is 0 Å². The fourth-order valence-electron chi connectivity index (χ4n) is 1.96. The fourth-order valence-corrected chi connectivity index (χ4v) is 3.53. The van der Waals surface area contributed by atoms with E-state index in [1.165, 1.54) is 54.6 Å². The zero-order valence-electron chi connectivity index (χ0n) is 12.0. The molecule has 2 aromatic rings. The molecule has 0 atom stereocenters. The normalized spacial score (nSPS) is 11.0.